The number of rotatable bonds is 2. The van der Waals surface area contributed by atoms with Gasteiger partial charge in [0.2, 0.25) is 0 Å². The fraction of sp³-hybridized carbons (Fsp3) is 0. The maximum atomic E-state index is 11.8. The number of hydrazine groups is 1. The van der Waals surface area contributed by atoms with Crippen LogP contribution in [0.25, 0.3) is 0 Å². The predicted molar refractivity (Wildman–Crippen MR) is 81.1 cm³/mol. The van der Waals surface area contributed by atoms with E-state index < -0.39 is 0 Å². The van der Waals surface area contributed by atoms with Crippen molar-refractivity contribution < 1.29 is 9.59 Å². The van der Waals surface area contributed by atoms with Gasteiger partial charge >= 0.3 is 0 Å². The number of hydrogen-bond donors (Lipinski definition) is 2. The highest BCUT2D eigenvalue weighted by atomic mass is 79.9. The molecule has 2 aromatic rings. The van der Waals surface area contributed by atoms with Crippen LogP contribution in [0.1, 0.15) is 20.0 Å². The molecular formula is C12H8Br2N2O2S. The molecule has 0 aliphatic carbocycles. The lowest BCUT2D eigenvalue weighted by Gasteiger charge is -2.06. The zero-order valence-electron chi connectivity index (χ0n) is 9.44. The van der Waals surface area contributed by atoms with Gasteiger partial charge in [0.05, 0.1) is 0 Å². The normalized spacial score (nSPS) is 10.0. The third-order valence-electron chi connectivity index (χ3n) is 2.22. The van der Waals surface area contributed by atoms with Gasteiger partial charge in [-0.15, -0.1) is 11.3 Å². The first-order chi connectivity index (χ1) is 9.08. The number of thiophene rings is 1. The monoisotopic (exact) mass is 402 g/mol. The first kappa shape index (κ1) is 14.2. The number of carbonyl (C=O) groups excluding carboxylic acids is 2. The molecule has 0 atom stereocenters. The van der Waals surface area contributed by atoms with E-state index in [9.17, 15) is 9.59 Å². The Morgan fingerprint density at radius 1 is 0.947 bits per heavy atom. The van der Waals surface area contributed by atoms with E-state index in [-0.39, 0.29) is 11.8 Å². The van der Waals surface area contributed by atoms with Crippen LogP contribution in [0.3, 0.4) is 0 Å². The summed E-state index contributed by atoms with van der Waals surface area (Å²) in [4.78, 5) is 24.0. The second kappa shape index (κ2) is 6.31. The lowest BCUT2D eigenvalue weighted by Crippen LogP contribution is -2.41. The molecule has 2 rings (SSSR count). The van der Waals surface area contributed by atoms with Gasteiger partial charge in [0.25, 0.3) is 11.8 Å². The number of carbonyl (C=O) groups is 2. The number of halogens is 2. The van der Waals surface area contributed by atoms with Gasteiger partial charge in [-0.1, -0.05) is 15.9 Å². The van der Waals surface area contributed by atoms with E-state index in [2.05, 4.69) is 42.7 Å². The van der Waals surface area contributed by atoms with Gasteiger partial charge in [0.15, 0.2) is 0 Å². The van der Waals surface area contributed by atoms with Crippen molar-refractivity contribution in [2.75, 3.05) is 0 Å². The minimum absolute atomic E-state index is 0.354. The molecule has 98 valence electrons. The molecule has 1 aromatic carbocycles. The third-order valence-corrected chi connectivity index (χ3v) is 4.58. The van der Waals surface area contributed by atoms with Gasteiger partial charge in [-0.3, -0.25) is 20.4 Å². The minimum atomic E-state index is -0.367. The molecule has 0 saturated heterocycles. The van der Waals surface area contributed by atoms with Crippen LogP contribution in [0.15, 0.2) is 44.7 Å². The molecule has 0 unspecified atom stereocenters. The van der Waals surface area contributed by atoms with E-state index in [0.717, 1.165) is 4.47 Å². The largest absolute Gasteiger partial charge is 0.280 e. The Morgan fingerprint density at radius 2 is 1.58 bits per heavy atom. The Balaban J connectivity index is 1.96. The van der Waals surface area contributed by atoms with Gasteiger partial charge < -0.3 is 0 Å². The Bertz CT molecular complexity index is 610. The summed E-state index contributed by atoms with van der Waals surface area (Å²) in [6.07, 6.45) is 0. The van der Waals surface area contributed by atoms with Crippen molar-refractivity contribution in [1.29, 1.82) is 0 Å². The first-order valence-corrected chi connectivity index (χ1v) is 7.64. The van der Waals surface area contributed by atoms with Crippen molar-refractivity contribution in [2.45, 2.75) is 0 Å². The van der Waals surface area contributed by atoms with E-state index >= 15 is 0 Å². The Kier molecular flexibility index (Phi) is 4.73. The summed E-state index contributed by atoms with van der Waals surface area (Å²) in [5, 5.41) is 1.79. The van der Waals surface area contributed by atoms with E-state index in [1.54, 1.807) is 35.7 Å². The van der Waals surface area contributed by atoms with Crippen molar-refractivity contribution in [3.05, 3.63) is 55.1 Å². The van der Waals surface area contributed by atoms with Gasteiger partial charge in [0, 0.05) is 14.5 Å². The number of hydrogen-bond acceptors (Lipinski definition) is 3. The molecule has 0 aliphatic rings. The molecule has 4 nitrogen and oxygen atoms in total. The molecule has 0 spiro atoms. The summed E-state index contributed by atoms with van der Waals surface area (Å²) in [6.45, 7) is 0. The van der Waals surface area contributed by atoms with Crippen molar-refractivity contribution in [1.82, 2.24) is 10.9 Å². The van der Waals surface area contributed by atoms with Crippen LogP contribution in [-0.4, -0.2) is 11.8 Å². The summed E-state index contributed by atoms with van der Waals surface area (Å²) in [5.74, 6) is -0.721. The summed E-state index contributed by atoms with van der Waals surface area (Å²) < 4.78 is 1.59. The van der Waals surface area contributed by atoms with Gasteiger partial charge in [0.1, 0.15) is 4.88 Å². The van der Waals surface area contributed by atoms with Crippen molar-refractivity contribution in [3.63, 3.8) is 0 Å². The molecule has 0 bridgehead atoms. The summed E-state index contributed by atoms with van der Waals surface area (Å²) in [7, 11) is 0. The highest BCUT2D eigenvalue weighted by molar-refractivity contribution is 9.10. The zero-order chi connectivity index (χ0) is 13.8. The van der Waals surface area contributed by atoms with E-state index in [1.807, 2.05) is 0 Å². The molecule has 2 amide bonds. The Hall–Kier alpha value is -1.18. The van der Waals surface area contributed by atoms with Crippen LogP contribution in [0.5, 0.6) is 0 Å². The quantitative estimate of drug-likeness (QED) is 0.755. The van der Waals surface area contributed by atoms with Crippen LogP contribution in [0.4, 0.5) is 0 Å². The molecule has 19 heavy (non-hydrogen) atoms. The molecule has 0 aliphatic heterocycles. The lowest BCUT2D eigenvalue weighted by atomic mass is 10.2. The fourth-order valence-corrected chi connectivity index (χ4v) is 3.01. The molecule has 0 radical (unpaired) electrons. The van der Waals surface area contributed by atoms with Crippen LogP contribution >= 0.6 is 43.2 Å². The van der Waals surface area contributed by atoms with Crippen LogP contribution in [0, 0.1) is 0 Å². The van der Waals surface area contributed by atoms with Crippen LogP contribution < -0.4 is 10.9 Å². The van der Waals surface area contributed by atoms with Crippen LogP contribution in [-0.2, 0) is 0 Å². The highest BCUT2D eigenvalue weighted by Gasteiger charge is 2.12. The molecule has 1 heterocycles. The minimum Gasteiger partial charge on any atom is -0.267 e. The zero-order valence-corrected chi connectivity index (χ0v) is 13.4. The maximum Gasteiger partial charge on any atom is 0.280 e. The lowest BCUT2D eigenvalue weighted by molar-refractivity contribution is 0.0848. The van der Waals surface area contributed by atoms with E-state index in [1.165, 1.54) is 11.3 Å². The second-order valence-corrected chi connectivity index (χ2v) is 6.20. The van der Waals surface area contributed by atoms with Crippen molar-refractivity contribution in [3.8, 4) is 0 Å². The maximum absolute atomic E-state index is 11.8. The van der Waals surface area contributed by atoms with E-state index in [0.29, 0.717) is 14.9 Å². The SMILES string of the molecule is O=C(NNC(=O)c1sccc1Br)c1ccc(Br)cc1. The molecular weight excluding hydrogens is 396 g/mol. The predicted octanol–water partition coefficient (Wildman–Crippen LogP) is 3.35. The number of nitrogens with one attached hydrogen (secondary N) is 2. The first-order valence-electron chi connectivity index (χ1n) is 5.17. The van der Waals surface area contributed by atoms with Crippen LogP contribution in [0.2, 0.25) is 0 Å². The summed E-state index contributed by atoms with van der Waals surface area (Å²) >= 11 is 7.83. The average molecular weight is 404 g/mol. The Morgan fingerprint density at radius 3 is 2.16 bits per heavy atom. The number of amides is 2. The molecule has 0 saturated carbocycles. The molecule has 0 fully saturated rings. The van der Waals surface area contributed by atoms with Gasteiger partial charge in [-0.2, -0.15) is 0 Å². The van der Waals surface area contributed by atoms with Crippen molar-refractivity contribution in [2.24, 2.45) is 0 Å². The standard InChI is InChI=1S/C12H8Br2N2O2S/c13-8-3-1-7(2-4-8)11(17)15-16-12(18)10-9(14)5-6-19-10/h1-6H,(H,15,17)(H,16,18). The summed E-state index contributed by atoms with van der Waals surface area (Å²) in [5.41, 5.74) is 5.20. The average Bonchev–Trinajstić information content (AvgIpc) is 2.83. The molecule has 2 N–H and O–H groups in total. The number of benzene rings is 1. The third kappa shape index (κ3) is 3.65. The van der Waals surface area contributed by atoms with Gasteiger partial charge in [-0.05, 0) is 51.6 Å². The Labute approximate surface area is 130 Å². The smallest absolute Gasteiger partial charge is 0.267 e. The second-order valence-electron chi connectivity index (χ2n) is 3.51. The molecule has 7 heteroatoms. The topological polar surface area (TPSA) is 58.2 Å². The fourth-order valence-electron chi connectivity index (χ4n) is 1.30. The van der Waals surface area contributed by atoms with E-state index in [4.69, 9.17) is 0 Å². The highest BCUT2D eigenvalue weighted by Crippen LogP contribution is 2.22. The van der Waals surface area contributed by atoms with Gasteiger partial charge in [-0.25, -0.2) is 0 Å². The molecule has 1 aromatic heterocycles. The summed E-state index contributed by atoms with van der Waals surface area (Å²) in [6, 6.07) is 8.61. The van der Waals surface area contributed by atoms with Crippen molar-refractivity contribution >= 4 is 55.0 Å².